The number of guanidine groups is 2. The van der Waals surface area contributed by atoms with Crippen LogP contribution in [0.25, 0.3) is 0 Å². The van der Waals surface area contributed by atoms with Gasteiger partial charge >= 0.3 is 16.5 Å². The SMILES string of the molecule is NC(=O)OC[C@@H]1N=C(N)N2C[C@@H](OS(=O)(=O)O)C(O)(O)[C@]23NC(N)=N[C@@H]13. The lowest BCUT2D eigenvalue weighted by Crippen LogP contribution is -2.77. The largest absolute Gasteiger partial charge is 0.447 e. The lowest BCUT2D eigenvalue weighted by atomic mass is 9.86. The number of hydrogen-bond donors (Lipinski definition) is 7. The summed E-state index contributed by atoms with van der Waals surface area (Å²) in [5, 5.41) is 23.9. The molecule has 3 heterocycles. The van der Waals surface area contributed by atoms with E-state index in [1.54, 1.807) is 0 Å². The number of aliphatic hydroxyl groups is 2. The van der Waals surface area contributed by atoms with Gasteiger partial charge in [-0.15, -0.1) is 0 Å². The number of ether oxygens (including phenoxy) is 1. The van der Waals surface area contributed by atoms with Gasteiger partial charge in [-0.25, -0.2) is 19.0 Å². The van der Waals surface area contributed by atoms with Crippen molar-refractivity contribution in [3.05, 3.63) is 0 Å². The Hall–Kier alpha value is -2.40. The zero-order chi connectivity index (χ0) is 19.5. The number of aliphatic imine (C=N–C) groups is 2. The van der Waals surface area contributed by atoms with Crippen LogP contribution in [0.5, 0.6) is 0 Å². The van der Waals surface area contributed by atoms with Crippen molar-refractivity contribution in [3.8, 4) is 0 Å². The molecule has 0 aromatic carbocycles. The second kappa shape index (κ2) is 5.55. The number of primary amides is 1. The lowest BCUT2D eigenvalue weighted by molar-refractivity contribution is -0.252. The Kier molecular flexibility index (Phi) is 3.92. The fourth-order valence-electron chi connectivity index (χ4n) is 3.45. The fourth-order valence-corrected chi connectivity index (χ4v) is 3.94. The van der Waals surface area contributed by atoms with E-state index in [1.807, 2.05) is 0 Å². The summed E-state index contributed by atoms with van der Waals surface area (Å²) in [4.78, 5) is 20.0. The third kappa shape index (κ3) is 2.58. The Morgan fingerprint density at radius 2 is 2.04 bits per heavy atom. The van der Waals surface area contributed by atoms with E-state index >= 15 is 0 Å². The number of rotatable bonds is 4. The average Bonchev–Trinajstić information content (AvgIpc) is 2.93. The van der Waals surface area contributed by atoms with Gasteiger partial charge in [0, 0.05) is 0 Å². The average molecular weight is 395 g/mol. The standard InChI is InChI=1S/C10H17N7O8S/c11-6-15-5-3(2-24-8(13)18)14-7(12)17-1-4(25-26(21,22)23)10(19,20)9(5,17)16-6/h3-5,19-20H,1-2H2,(H2,12,14)(H2,13,18)(H3,11,15,16)(H,21,22,23)/t3-,4+,5-,9+/m0/s1. The van der Waals surface area contributed by atoms with Gasteiger partial charge < -0.3 is 42.4 Å². The van der Waals surface area contributed by atoms with Gasteiger partial charge in [0.2, 0.25) is 5.79 Å². The van der Waals surface area contributed by atoms with Crippen molar-refractivity contribution in [3.63, 3.8) is 0 Å². The highest BCUT2D eigenvalue weighted by Gasteiger charge is 2.74. The number of carbonyl (C=O) groups excluding carboxylic acids is 1. The molecule has 0 aromatic heterocycles. The minimum atomic E-state index is -5.03. The van der Waals surface area contributed by atoms with Gasteiger partial charge in [-0.1, -0.05) is 0 Å². The van der Waals surface area contributed by atoms with E-state index in [0.717, 1.165) is 4.90 Å². The molecule has 15 nitrogen and oxygen atoms in total. The second-order valence-electron chi connectivity index (χ2n) is 5.88. The maximum absolute atomic E-state index is 11.0. The van der Waals surface area contributed by atoms with Crippen molar-refractivity contribution in [2.45, 2.75) is 29.6 Å². The molecule has 1 saturated heterocycles. The molecule has 10 N–H and O–H groups in total. The zero-order valence-corrected chi connectivity index (χ0v) is 13.8. The van der Waals surface area contributed by atoms with Crippen LogP contribution < -0.4 is 22.5 Å². The van der Waals surface area contributed by atoms with Crippen molar-refractivity contribution < 1.29 is 36.9 Å². The van der Waals surface area contributed by atoms with Crippen LogP contribution in [0.3, 0.4) is 0 Å². The van der Waals surface area contributed by atoms with E-state index in [1.165, 1.54) is 0 Å². The Morgan fingerprint density at radius 1 is 1.38 bits per heavy atom. The van der Waals surface area contributed by atoms with Gasteiger partial charge in [0.1, 0.15) is 18.7 Å². The third-order valence-electron chi connectivity index (χ3n) is 4.38. The monoisotopic (exact) mass is 395 g/mol. The first kappa shape index (κ1) is 18.4. The van der Waals surface area contributed by atoms with Crippen LogP contribution in [0.1, 0.15) is 0 Å². The molecule has 146 valence electrons. The number of carbonyl (C=O) groups is 1. The number of nitrogens with two attached hydrogens (primary N) is 3. The number of nitrogens with one attached hydrogen (secondary N) is 1. The first-order valence-corrected chi connectivity index (χ1v) is 8.50. The molecule has 0 aromatic rings. The summed E-state index contributed by atoms with van der Waals surface area (Å²) in [5.74, 6) is -3.44. The Bertz CT molecular complexity index is 797. The summed E-state index contributed by atoms with van der Waals surface area (Å²) in [6.45, 7) is -0.896. The highest BCUT2D eigenvalue weighted by Crippen LogP contribution is 2.45. The molecule has 1 spiro atoms. The first-order valence-electron chi connectivity index (χ1n) is 7.13. The maximum atomic E-state index is 11.0. The van der Waals surface area contributed by atoms with E-state index in [0.29, 0.717) is 0 Å². The molecule has 0 aliphatic carbocycles. The van der Waals surface area contributed by atoms with E-state index in [2.05, 4.69) is 24.2 Å². The van der Waals surface area contributed by atoms with Crippen LogP contribution in [0.15, 0.2) is 9.98 Å². The molecular weight excluding hydrogens is 378 g/mol. The molecule has 26 heavy (non-hydrogen) atoms. The molecule has 0 unspecified atom stereocenters. The van der Waals surface area contributed by atoms with Crippen LogP contribution in [0.4, 0.5) is 4.79 Å². The molecule has 1 fully saturated rings. The highest BCUT2D eigenvalue weighted by molar-refractivity contribution is 7.80. The zero-order valence-electron chi connectivity index (χ0n) is 13.0. The number of hydrogen-bond acceptors (Lipinski definition) is 13. The summed E-state index contributed by atoms with van der Waals surface area (Å²) in [7, 11) is -5.03. The van der Waals surface area contributed by atoms with Gasteiger partial charge in [-0.3, -0.25) is 4.55 Å². The molecule has 0 saturated carbocycles. The molecule has 16 heteroatoms. The summed E-state index contributed by atoms with van der Waals surface area (Å²) in [6, 6.07) is -2.19. The van der Waals surface area contributed by atoms with Crippen LogP contribution in [0.2, 0.25) is 0 Å². The first-order chi connectivity index (χ1) is 11.9. The van der Waals surface area contributed by atoms with Crippen molar-refractivity contribution in [2.75, 3.05) is 13.2 Å². The molecule has 3 aliphatic rings. The minimum Gasteiger partial charge on any atom is -0.447 e. The highest BCUT2D eigenvalue weighted by atomic mass is 32.3. The van der Waals surface area contributed by atoms with Crippen LogP contribution in [0, 0.1) is 0 Å². The van der Waals surface area contributed by atoms with Crippen LogP contribution >= 0.6 is 0 Å². The Morgan fingerprint density at radius 3 is 2.62 bits per heavy atom. The predicted molar refractivity (Wildman–Crippen MR) is 82.5 cm³/mol. The molecule has 4 atom stereocenters. The Labute approximate surface area is 146 Å². The molecule has 3 rings (SSSR count). The molecular formula is C10H17N7O8S. The van der Waals surface area contributed by atoms with Gasteiger partial charge in [0.05, 0.1) is 6.54 Å². The van der Waals surface area contributed by atoms with E-state index in [-0.39, 0.29) is 11.9 Å². The summed E-state index contributed by atoms with van der Waals surface area (Å²) < 4.78 is 40.0. The van der Waals surface area contributed by atoms with Gasteiger partial charge in [-0.2, -0.15) is 8.42 Å². The Balaban J connectivity index is 2.04. The van der Waals surface area contributed by atoms with E-state index in [9.17, 15) is 23.4 Å². The molecule has 0 bridgehead atoms. The van der Waals surface area contributed by atoms with Crippen LogP contribution in [-0.2, 0) is 19.3 Å². The van der Waals surface area contributed by atoms with Crippen LogP contribution in [-0.4, -0.2) is 88.9 Å². The normalized spacial score (nSPS) is 35.0. The number of nitrogens with zero attached hydrogens (tertiary/aromatic N) is 3. The lowest BCUT2D eigenvalue weighted by Gasteiger charge is -2.48. The van der Waals surface area contributed by atoms with Crippen molar-refractivity contribution in [2.24, 2.45) is 27.2 Å². The van der Waals surface area contributed by atoms with Crippen molar-refractivity contribution in [1.82, 2.24) is 10.2 Å². The van der Waals surface area contributed by atoms with E-state index in [4.69, 9.17) is 21.8 Å². The topological polar surface area (TPSA) is 248 Å². The summed E-state index contributed by atoms with van der Waals surface area (Å²) in [5.41, 5.74) is 14.4. The molecule has 3 aliphatic heterocycles. The smallest absolute Gasteiger partial charge is 0.404 e. The summed E-state index contributed by atoms with van der Waals surface area (Å²) >= 11 is 0. The minimum absolute atomic E-state index is 0.228. The molecule has 0 radical (unpaired) electrons. The van der Waals surface area contributed by atoms with Gasteiger partial charge in [0.25, 0.3) is 0 Å². The van der Waals surface area contributed by atoms with Gasteiger partial charge in [0.15, 0.2) is 23.7 Å². The van der Waals surface area contributed by atoms with Gasteiger partial charge in [-0.05, 0) is 0 Å². The van der Waals surface area contributed by atoms with E-state index < -0.39 is 59.3 Å². The van der Waals surface area contributed by atoms with Crippen molar-refractivity contribution in [1.29, 1.82) is 0 Å². The maximum Gasteiger partial charge on any atom is 0.404 e. The quantitative estimate of drug-likeness (QED) is 0.174. The fraction of sp³-hybridized carbons (Fsp3) is 0.700. The van der Waals surface area contributed by atoms with Crippen molar-refractivity contribution >= 4 is 28.4 Å². The third-order valence-corrected chi connectivity index (χ3v) is 4.86. The summed E-state index contributed by atoms with van der Waals surface area (Å²) in [6.07, 6.45) is -2.96. The number of amides is 1. The molecule has 1 amide bonds. The predicted octanol–water partition coefficient (Wildman–Crippen LogP) is -5.05. The second-order valence-corrected chi connectivity index (χ2v) is 6.93.